The monoisotopic (exact) mass is 291 g/mol. The van der Waals surface area contributed by atoms with Gasteiger partial charge in [-0.25, -0.2) is 8.42 Å². The first kappa shape index (κ1) is 14.7. The van der Waals surface area contributed by atoms with Gasteiger partial charge in [-0.1, -0.05) is 6.42 Å². The second-order valence-electron chi connectivity index (χ2n) is 6.17. The summed E-state index contributed by atoms with van der Waals surface area (Å²) >= 11 is 1.98. The van der Waals surface area contributed by atoms with Crippen molar-refractivity contribution in [3.05, 3.63) is 0 Å². The van der Waals surface area contributed by atoms with Crippen LogP contribution in [-0.2, 0) is 9.84 Å². The third-order valence-corrected chi connectivity index (χ3v) is 8.00. The summed E-state index contributed by atoms with van der Waals surface area (Å²) in [6.07, 6.45) is 7.51. The molecule has 3 nitrogen and oxygen atoms in total. The molecule has 106 valence electrons. The summed E-state index contributed by atoms with van der Waals surface area (Å²) in [7, 11) is -2.90. The number of rotatable bonds is 3. The Labute approximate surface area is 115 Å². The Hall–Kier alpha value is 0.260. The largest absolute Gasteiger partial charge is 0.326 e. The van der Waals surface area contributed by atoms with Gasteiger partial charge in [0.1, 0.15) is 9.84 Å². The molecule has 4 unspecified atom stereocenters. The van der Waals surface area contributed by atoms with Gasteiger partial charge in [0, 0.05) is 17.0 Å². The predicted molar refractivity (Wildman–Crippen MR) is 78.7 cm³/mol. The first-order chi connectivity index (χ1) is 8.33. The molecule has 2 N–H and O–H groups in total. The maximum atomic E-state index is 11.7. The van der Waals surface area contributed by atoms with Gasteiger partial charge < -0.3 is 5.73 Å². The number of sulfone groups is 1. The van der Waals surface area contributed by atoms with Crippen LogP contribution in [0.5, 0.6) is 0 Å². The van der Waals surface area contributed by atoms with Gasteiger partial charge in [0.25, 0.3) is 0 Å². The molecule has 1 aliphatic heterocycles. The number of hydrogen-bond donors (Lipinski definition) is 1. The van der Waals surface area contributed by atoms with Crippen molar-refractivity contribution < 1.29 is 8.42 Å². The molecule has 2 aliphatic rings. The molecule has 4 atom stereocenters. The lowest BCUT2D eigenvalue weighted by Gasteiger charge is -2.39. The van der Waals surface area contributed by atoms with Crippen LogP contribution in [0.2, 0.25) is 0 Å². The topological polar surface area (TPSA) is 60.2 Å². The summed E-state index contributed by atoms with van der Waals surface area (Å²) in [6, 6.07) is 0.148. The van der Waals surface area contributed by atoms with Crippen molar-refractivity contribution in [3.8, 4) is 0 Å². The molecule has 0 aromatic rings. The van der Waals surface area contributed by atoms with Crippen molar-refractivity contribution in [2.75, 3.05) is 12.0 Å². The zero-order chi connectivity index (χ0) is 13.4. The Kier molecular flexibility index (Phi) is 4.34. The molecule has 1 heterocycles. The zero-order valence-electron chi connectivity index (χ0n) is 11.4. The standard InChI is InChI=1S/C13H25NO2S2/c1-13(7-4-8-17-13)12(14)10-5-3-6-11(9-10)18(2,15)16/h10-12H,3-9,14H2,1-2H3. The van der Waals surface area contributed by atoms with E-state index in [0.717, 1.165) is 25.7 Å². The SMILES string of the molecule is CC1(C(N)C2CCCC(S(C)(=O)=O)C2)CCCS1. The van der Waals surface area contributed by atoms with Crippen LogP contribution in [0.3, 0.4) is 0 Å². The van der Waals surface area contributed by atoms with Crippen LogP contribution < -0.4 is 5.73 Å². The summed E-state index contributed by atoms with van der Waals surface area (Å²) in [5.41, 5.74) is 6.48. The molecule has 5 heteroatoms. The molecule has 0 radical (unpaired) electrons. The summed E-state index contributed by atoms with van der Waals surface area (Å²) < 4.78 is 23.6. The van der Waals surface area contributed by atoms with Crippen molar-refractivity contribution in [3.63, 3.8) is 0 Å². The lowest BCUT2D eigenvalue weighted by Crippen LogP contribution is -2.49. The van der Waals surface area contributed by atoms with Gasteiger partial charge >= 0.3 is 0 Å². The van der Waals surface area contributed by atoms with E-state index in [2.05, 4.69) is 6.92 Å². The molecular weight excluding hydrogens is 266 g/mol. The molecule has 0 aromatic carbocycles. The molecule has 1 saturated carbocycles. The highest BCUT2D eigenvalue weighted by Crippen LogP contribution is 2.44. The molecule has 0 spiro atoms. The summed E-state index contributed by atoms with van der Waals surface area (Å²) in [5.74, 6) is 1.58. The van der Waals surface area contributed by atoms with Gasteiger partial charge in [-0.3, -0.25) is 0 Å². The molecule has 1 aliphatic carbocycles. The van der Waals surface area contributed by atoms with Crippen LogP contribution in [0, 0.1) is 5.92 Å². The maximum Gasteiger partial charge on any atom is 0.150 e. The zero-order valence-corrected chi connectivity index (χ0v) is 13.0. The number of nitrogens with two attached hydrogens (primary N) is 1. The lowest BCUT2D eigenvalue weighted by molar-refractivity contribution is 0.267. The second kappa shape index (κ2) is 5.33. The van der Waals surface area contributed by atoms with Gasteiger partial charge in [-0.2, -0.15) is 11.8 Å². The van der Waals surface area contributed by atoms with Crippen LogP contribution in [0.15, 0.2) is 0 Å². The molecule has 2 rings (SSSR count). The van der Waals surface area contributed by atoms with Crippen molar-refractivity contribution in [2.24, 2.45) is 11.7 Å². The lowest BCUT2D eigenvalue weighted by atomic mass is 9.78. The van der Waals surface area contributed by atoms with E-state index in [1.54, 1.807) is 0 Å². The predicted octanol–water partition coefficient (Wildman–Crippen LogP) is 2.20. The van der Waals surface area contributed by atoms with E-state index in [9.17, 15) is 8.42 Å². The fourth-order valence-corrected chi connectivity index (χ4v) is 6.08. The highest BCUT2D eigenvalue weighted by molar-refractivity contribution is 8.00. The fraction of sp³-hybridized carbons (Fsp3) is 1.00. The summed E-state index contributed by atoms with van der Waals surface area (Å²) in [5, 5.41) is -0.155. The first-order valence-electron chi connectivity index (χ1n) is 6.91. The van der Waals surface area contributed by atoms with Crippen LogP contribution >= 0.6 is 11.8 Å². The van der Waals surface area contributed by atoms with E-state index in [1.807, 2.05) is 11.8 Å². The Balaban J connectivity index is 2.04. The van der Waals surface area contributed by atoms with Gasteiger partial charge in [-0.15, -0.1) is 0 Å². The third kappa shape index (κ3) is 3.05. The molecule has 1 saturated heterocycles. The van der Waals surface area contributed by atoms with Gasteiger partial charge in [0.05, 0.1) is 5.25 Å². The van der Waals surface area contributed by atoms with E-state index < -0.39 is 9.84 Å². The molecular formula is C13H25NO2S2. The van der Waals surface area contributed by atoms with E-state index >= 15 is 0 Å². The Bertz CT molecular complexity index is 388. The normalized spacial score (nSPS) is 39.7. The van der Waals surface area contributed by atoms with Crippen LogP contribution in [0.1, 0.15) is 45.4 Å². The minimum Gasteiger partial charge on any atom is -0.326 e. The molecule has 0 amide bonds. The van der Waals surface area contributed by atoms with Crippen LogP contribution in [0.4, 0.5) is 0 Å². The van der Waals surface area contributed by atoms with Crippen molar-refractivity contribution in [1.29, 1.82) is 0 Å². The molecule has 18 heavy (non-hydrogen) atoms. The van der Waals surface area contributed by atoms with Crippen LogP contribution in [0.25, 0.3) is 0 Å². The first-order valence-corrected chi connectivity index (χ1v) is 9.85. The van der Waals surface area contributed by atoms with Gasteiger partial charge in [-0.05, 0) is 50.7 Å². The van der Waals surface area contributed by atoms with Gasteiger partial charge in [0.2, 0.25) is 0 Å². The molecule has 0 bridgehead atoms. The molecule has 2 fully saturated rings. The quantitative estimate of drug-likeness (QED) is 0.866. The maximum absolute atomic E-state index is 11.7. The summed E-state index contributed by atoms with van der Waals surface area (Å²) in [6.45, 7) is 2.26. The second-order valence-corrected chi connectivity index (χ2v) is 10.1. The highest BCUT2D eigenvalue weighted by atomic mass is 32.2. The van der Waals surface area contributed by atoms with Crippen molar-refractivity contribution in [1.82, 2.24) is 0 Å². The van der Waals surface area contributed by atoms with E-state index in [1.165, 1.54) is 24.9 Å². The van der Waals surface area contributed by atoms with E-state index in [0.29, 0.717) is 5.92 Å². The Morgan fingerprint density at radius 3 is 2.61 bits per heavy atom. The average Bonchev–Trinajstić information content (AvgIpc) is 2.75. The Morgan fingerprint density at radius 2 is 2.06 bits per heavy atom. The smallest absolute Gasteiger partial charge is 0.150 e. The number of thioether (sulfide) groups is 1. The Morgan fingerprint density at radius 1 is 1.33 bits per heavy atom. The van der Waals surface area contributed by atoms with E-state index in [-0.39, 0.29) is 16.0 Å². The molecule has 0 aromatic heterocycles. The minimum atomic E-state index is -2.90. The third-order valence-electron chi connectivity index (χ3n) is 4.73. The summed E-state index contributed by atoms with van der Waals surface area (Å²) in [4.78, 5) is 0. The van der Waals surface area contributed by atoms with Crippen LogP contribution in [-0.4, -0.2) is 36.5 Å². The van der Waals surface area contributed by atoms with Gasteiger partial charge in [0.15, 0.2) is 0 Å². The number of hydrogen-bond acceptors (Lipinski definition) is 4. The van der Waals surface area contributed by atoms with E-state index in [4.69, 9.17) is 5.73 Å². The highest BCUT2D eigenvalue weighted by Gasteiger charge is 2.42. The van der Waals surface area contributed by atoms with Crippen molar-refractivity contribution in [2.45, 2.75) is 61.5 Å². The van der Waals surface area contributed by atoms with Crippen molar-refractivity contribution >= 4 is 21.6 Å². The minimum absolute atomic E-state index is 0.148. The average molecular weight is 291 g/mol. The fourth-order valence-electron chi connectivity index (χ4n) is 3.46.